The molecule has 3 N–H and O–H groups in total. The Morgan fingerprint density at radius 1 is 1.05 bits per heavy atom. The van der Waals surface area contributed by atoms with Gasteiger partial charge in [0.05, 0.1) is 6.26 Å². The predicted octanol–water partition coefficient (Wildman–Crippen LogP) is 0.848. The smallest absolute Gasteiger partial charge is 0.254 e. The van der Waals surface area contributed by atoms with Crippen LogP contribution in [-0.4, -0.2) is 98.0 Å². The van der Waals surface area contributed by atoms with Crippen molar-refractivity contribution in [3.63, 3.8) is 0 Å². The summed E-state index contributed by atoms with van der Waals surface area (Å²) < 4.78 is 25.2. The van der Waals surface area contributed by atoms with Gasteiger partial charge in [-0.3, -0.25) is 9.59 Å². The Morgan fingerprint density at radius 2 is 1.68 bits per heavy atom. The van der Waals surface area contributed by atoms with Crippen molar-refractivity contribution in [1.82, 2.24) is 19.2 Å². The van der Waals surface area contributed by atoms with Crippen LogP contribution in [0.5, 0.6) is 0 Å². The van der Waals surface area contributed by atoms with Crippen LogP contribution in [-0.2, 0) is 14.8 Å². The molecule has 2 aromatic rings. The van der Waals surface area contributed by atoms with Crippen molar-refractivity contribution in [3.05, 3.63) is 36.0 Å². The van der Waals surface area contributed by atoms with Crippen molar-refractivity contribution < 1.29 is 18.0 Å². The number of nitrogens with one attached hydrogen (secondary N) is 1. The molecule has 0 unspecified atom stereocenters. The summed E-state index contributed by atoms with van der Waals surface area (Å²) in [6.07, 6.45) is 3.84. The number of piperidine rings is 1. The van der Waals surface area contributed by atoms with E-state index in [1.54, 1.807) is 6.92 Å². The van der Waals surface area contributed by atoms with Crippen molar-refractivity contribution in [3.8, 4) is 0 Å². The number of hydrogen-bond donors (Lipinski definition) is 2. The molecule has 200 valence electrons. The Balaban J connectivity index is 1.45. The zero-order chi connectivity index (χ0) is 26.7. The minimum Gasteiger partial charge on any atom is -0.368 e. The second-order valence-electron chi connectivity index (χ2n) is 9.46. The molecule has 0 atom stereocenters. The number of sulfonamides is 1. The van der Waals surface area contributed by atoms with Crippen molar-refractivity contribution >= 4 is 45.0 Å². The number of benzene rings is 1. The summed E-state index contributed by atoms with van der Waals surface area (Å²) in [6, 6.07) is 7.88. The SMILES string of the molecule is CC(=O)N1CCN(c2ccc(Nc3ncc(C(N)=O)c(N(C)C4CCN(S(C)(=O)=O)CC4)n3)cc2)CC1. The fourth-order valence-electron chi connectivity index (χ4n) is 4.77. The quantitative estimate of drug-likeness (QED) is 0.532. The van der Waals surface area contributed by atoms with Gasteiger partial charge in [0.15, 0.2) is 0 Å². The third kappa shape index (κ3) is 6.28. The monoisotopic (exact) mass is 530 g/mol. The van der Waals surface area contributed by atoms with Gasteiger partial charge in [0.1, 0.15) is 11.4 Å². The first-order valence-electron chi connectivity index (χ1n) is 12.3. The summed E-state index contributed by atoms with van der Waals surface area (Å²) in [4.78, 5) is 38.5. The second kappa shape index (κ2) is 10.9. The van der Waals surface area contributed by atoms with E-state index in [1.807, 2.05) is 41.1 Å². The van der Waals surface area contributed by atoms with E-state index in [1.165, 1.54) is 16.8 Å². The van der Waals surface area contributed by atoms with E-state index >= 15 is 0 Å². The van der Waals surface area contributed by atoms with E-state index in [9.17, 15) is 18.0 Å². The summed E-state index contributed by atoms with van der Waals surface area (Å²) in [5.74, 6) is 0.202. The van der Waals surface area contributed by atoms with E-state index in [0.717, 1.165) is 24.5 Å². The van der Waals surface area contributed by atoms with Crippen LogP contribution in [0.25, 0.3) is 0 Å². The molecule has 2 fully saturated rings. The van der Waals surface area contributed by atoms with Gasteiger partial charge in [-0.1, -0.05) is 0 Å². The average molecular weight is 531 g/mol. The minimum atomic E-state index is -3.23. The number of primary amides is 1. The zero-order valence-electron chi connectivity index (χ0n) is 21.4. The normalized spacial score (nSPS) is 17.5. The molecule has 2 aliphatic rings. The summed E-state index contributed by atoms with van der Waals surface area (Å²) in [5, 5.41) is 3.19. The van der Waals surface area contributed by atoms with Gasteiger partial charge in [0.2, 0.25) is 21.9 Å². The molecule has 3 heterocycles. The zero-order valence-corrected chi connectivity index (χ0v) is 22.2. The van der Waals surface area contributed by atoms with Crippen LogP contribution in [0.2, 0.25) is 0 Å². The molecule has 2 saturated heterocycles. The van der Waals surface area contributed by atoms with Gasteiger partial charge in [-0.15, -0.1) is 0 Å². The lowest BCUT2D eigenvalue weighted by Crippen LogP contribution is -2.48. The fourth-order valence-corrected chi connectivity index (χ4v) is 5.65. The van der Waals surface area contributed by atoms with E-state index < -0.39 is 15.9 Å². The standard InChI is InChI=1S/C24H34N8O4S/c1-17(33)30-12-14-31(15-13-30)20-6-4-18(5-7-20)27-24-26-16-21(22(25)34)23(28-24)29(2)19-8-10-32(11-9-19)37(3,35)36/h4-7,16,19H,8-15H2,1-3H3,(H2,25,34)(H,26,27,28). The van der Waals surface area contributed by atoms with Gasteiger partial charge >= 0.3 is 0 Å². The number of piperazine rings is 1. The van der Waals surface area contributed by atoms with Crippen LogP contribution in [0.15, 0.2) is 30.5 Å². The number of nitrogens with zero attached hydrogens (tertiary/aromatic N) is 6. The molecule has 0 radical (unpaired) electrons. The second-order valence-corrected chi connectivity index (χ2v) is 11.4. The third-order valence-electron chi connectivity index (χ3n) is 7.02. The summed E-state index contributed by atoms with van der Waals surface area (Å²) in [6.45, 7) is 5.39. The first kappa shape index (κ1) is 26.6. The first-order valence-corrected chi connectivity index (χ1v) is 14.1. The maximum atomic E-state index is 12.1. The number of amides is 2. The molecule has 1 aromatic heterocycles. The first-order chi connectivity index (χ1) is 17.5. The number of carbonyl (C=O) groups excluding carboxylic acids is 2. The molecule has 0 aliphatic carbocycles. The molecule has 13 heteroatoms. The van der Waals surface area contributed by atoms with Crippen molar-refractivity contribution in [2.24, 2.45) is 5.73 Å². The molecular formula is C24H34N8O4S. The average Bonchev–Trinajstić information content (AvgIpc) is 2.88. The number of rotatable bonds is 7. The Hall–Kier alpha value is -3.45. The van der Waals surface area contributed by atoms with Crippen LogP contribution < -0.4 is 20.9 Å². The highest BCUT2D eigenvalue weighted by Gasteiger charge is 2.29. The Labute approximate surface area is 217 Å². The number of nitrogens with two attached hydrogens (primary N) is 1. The van der Waals surface area contributed by atoms with Crippen LogP contribution in [0.1, 0.15) is 30.1 Å². The molecule has 37 heavy (non-hydrogen) atoms. The van der Waals surface area contributed by atoms with Gasteiger partial charge in [-0.05, 0) is 37.1 Å². The lowest BCUT2D eigenvalue weighted by atomic mass is 10.0. The molecule has 0 bridgehead atoms. The van der Waals surface area contributed by atoms with E-state index in [-0.39, 0.29) is 17.5 Å². The molecular weight excluding hydrogens is 496 g/mol. The molecule has 0 saturated carbocycles. The van der Waals surface area contributed by atoms with Crippen LogP contribution in [0.3, 0.4) is 0 Å². The van der Waals surface area contributed by atoms with Crippen molar-refractivity contribution in [1.29, 1.82) is 0 Å². The van der Waals surface area contributed by atoms with Gasteiger partial charge < -0.3 is 25.8 Å². The number of hydrogen-bond acceptors (Lipinski definition) is 9. The van der Waals surface area contributed by atoms with Crippen LogP contribution in [0.4, 0.5) is 23.1 Å². The van der Waals surface area contributed by atoms with Gasteiger partial charge in [-0.2, -0.15) is 4.98 Å². The van der Waals surface area contributed by atoms with Crippen LogP contribution >= 0.6 is 0 Å². The third-order valence-corrected chi connectivity index (χ3v) is 8.33. The summed E-state index contributed by atoms with van der Waals surface area (Å²) in [7, 11) is -1.40. The summed E-state index contributed by atoms with van der Waals surface area (Å²) >= 11 is 0. The predicted molar refractivity (Wildman–Crippen MR) is 143 cm³/mol. The Bertz CT molecular complexity index is 1240. The summed E-state index contributed by atoms with van der Waals surface area (Å²) in [5.41, 5.74) is 7.66. The number of carbonyl (C=O) groups is 2. The Morgan fingerprint density at radius 3 is 2.22 bits per heavy atom. The molecule has 0 spiro atoms. The fraction of sp³-hybridized carbons (Fsp3) is 0.500. The minimum absolute atomic E-state index is 0.00148. The largest absolute Gasteiger partial charge is 0.368 e. The highest BCUT2D eigenvalue weighted by Crippen LogP contribution is 2.27. The van der Waals surface area contributed by atoms with Crippen molar-refractivity contribution in [2.75, 3.05) is 67.7 Å². The molecule has 1 aromatic carbocycles. The molecule has 4 rings (SSSR count). The Kier molecular flexibility index (Phi) is 7.83. The van der Waals surface area contributed by atoms with Gasteiger partial charge in [0.25, 0.3) is 5.91 Å². The lowest BCUT2D eigenvalue weighted by molar-refractivity contribution is -0.129. The van der Waals surface area contributed by atoms with Crippen molar-refractivity contribution in [2.45, 2.75) is 25.8 Å². The molecule has 2 amide bonds. The van der Waals surface area contributed by atoms with E-state index in [2.05, 4.69) is 20.2 Å². The number of anilines is 4. The topological polar surface area (TPSA) is 145 Å². The molecule has 12 nitrogen and oxygen atoms in total. The maximum Gasteiger partial charge on any atom is 0.254 e. The van der Waals surface area contributed by atoms with E-state index in [4.69, 9.17) is 5.73 Å². The van der Waals surface area contributed by atoms with Gasteiger partial charge in [0, 0.05) is 76.9 Å². The van der Waals surface area contributed by atoms with E-state index in [0.29, 0.717) is 50.8 Å². The molecule has 2 aliphatic heterocycles. The lowest BCUT2D eigenvalue weighted by Gasteiger charge is -2.36. The highest BCUT2D eigenvalue weighted by atomic mass is 32.2. The maximum absolute atomic E-state index is 12.1. The number of aromatic nitrogens is 2. The van der Waals surface area contributed by atoms with Crippen LogP contribution in [0, 0.1) is 0 Å². The van der Waals surface area contributed by atoms with Gasteiger partial charge in [-0.25, -0.2) is 17.7 Å². The highest BCUT2D eigenvalue weighted by molar-refractivity contribution is 7.88.